The zero-order chi connectivity index (χ0) is 20.2. The second-order valence-electron chi connectivity index (χ2n) is 6.27. The van der Waals surface area contributed by atoms with Gasteiger partial charge in [-0.25, -0.2) is 0 Å². The van der Waals surface area contributed by atoms with E-state index in [9.17, 15) is 0 Å². The van der Waals surface area contributed by atoms with Crippen molar-refractivity contribution in [1.82, 2.24) is 14.8 Å². The molecule has 0 aliphatic rings. The largest absolute Gasteiger partial charge is 0.497 e. The molecule has 4 aromatic rings. The van der Waals surface area contributed by atoms with E-state index < -0.39 is 0 Å². The smallest absolute Gasteiger partial charge is 0.196 e. The van der Waals surface area contributed by atoms with Gasteiger partial charge in [0.05, 0.1) is 7.11 Å². The first-order valence-corrected chi connectivity index (χ1v) is 11.0. The molecule has 0 fully saturated rings. The van der Waals surface area contributed by atoms with Crippen LogP contribution in [0.1, 0.15) is 5.56 Å². The Labute approximate surface area is 187 Å². The summed E-state index contributed by atoms with van der Waals surface area (Å²) in [5.41, 5.74) is 3.13. The van der Waals surface area contributed by atoms with E-state index in [0.29, 0.717) is 5.02 Å². The molecular formula is C22H17BrClN3OS. The normalized spacial score (nSPS) is 10.9. The number of thioether (sulfide) groups is 1. The average Bonchev–Trinajstić information content (AvgIpc) is 3.17. The predicted octanol–water partition coefficient (Wildman–Crippen LogP) is 6.65. The van der Waals surface area contributed by atoms with Crippen LogP contribution in [0.2, 0.25) is 5.02 Å². The van der Waals surface area contributed by atoms with Crippen LogP contribution in [0.15, 0.2) is 82.4 Å². The van der Waals surface area contributed by atoms with Gasteiger partial charge in [0.25, 0.3) is 0 Å². The van der Waals surface area contributed by atoms with Crippen molar-refractivity contribution in [3.63, 3.8) is 0 Å². The summed E-state index contributed by atoms with van der Waals surface area (Å²) < 4.78 is 8.42. The monoisotopic (exact) mass is 485 g/mol. The fourth-order valence-corrected chi connectivity index (χ4v) is 4.36. The van der Waals surface area contributed by atoms with Crippen molar-refractivity contribution in [2.24, 2.45) is 0 Å². The highest BCUT2D eigenvalue weighted by atomic mass is 79.9. The van der Waals surface area contributed by atoms with Gasteiger partial charge in [-0.2, -0.15) is 0 Å². The summed E-state index contributed by atoms with van der Waals surface area (Å²) in [6.07, 6.45) is 0. The third-order valence-electron chi connectivity index (χ3n) is 4.32. The van der Waals surface area contributed by atoms with Gasteiger partial charge in [0.2, 0.25) is 0 Å². The summed E-state index contributed by atoms with van der Waals surface area (Å²) in [6, 6.07) is 23.8. The molecule has 0 aliphatic carbocycles. The Hall–Kier alpha value is -2.28. The minimum atomic E-state index is 0.688. The Kier molecular flexibility index (Phi) is 6.23. The quantitative estimate of drug-likeness (QED) is 0.286. The maximum absolute atomic E-state index is 6.06. The standard InChI is InChI=1S/C22H17BrClN3OS/c1-28-20-11-9-19(10-12-20)27-21(16-5-7-18(24)8-6-16)25-26-22(27)29-14-15-3-2-4-17(23)13-15/h2-13H,14H2,1H3. The van der Waals surface area contributed by atoms with Crippen LogP contribution in [0, 0.1) is 0 Å². The molecule has 0 amide bonds. The van der Waals surface area contributed by atoms with E-state index in [-0.39, 0.29) is 0 Å². The highest BCUT2D eigenvalue weighted by Crippen LogP contribution is 2.31. The molecule has 29 heavy (non-hydrogen) atoms. The number of hydrogen-bond donors (Lipinski definition) is 0. The van der Waals surface area contributed by atoms with Gasteiger partial charge in [-0.3, -0.25) is 4.57 Å². The highest BCUT2D eigenvalue weighted by molar-refractivity contribution is 9.10. The number of ether oxygens (including phenoxy) is 1. The number of aromatic nitrogens is 3. The maximum Gasteiger partial charge on any atom is 0.196 e. The molecule has 0 saturated heterocycles. The lowest BCUT2D eigenvalue weighted by atomic mass is 10.2. The van der Waals surface area contributed by atoms with Gasteiger partial charge in [-0.05, 0) is 66.2 Å². The van der Waals surface area contributed by atoms with Crippen LogP contribution >= 0.6 is 39.3 Å². The van der Waals surface area contributed by atoms with E-state index in [1.807, 2.05) is 60.7 Å². The number of methoxy groups -OCH3 is 1. The van der Waals surface area contributed by atoms with Crippen LogP contribution in [0.25, 0.3) is 17.1 Å². The Balaban J connectivity index is 1.73. The van der Waals surface area contributed by atoms with E-state index >= 15 is 0 Å². The van der Waals surface area contributed by atoms with Crippen molar-refractivity contribution < 1.29 is 4.74 Å². The molecule has 1 heterocycles. The SMILES string of the molecule is COc1ccc(-n2c(SCc3cccc(Br)c3)nnc2-c2ccc(Cl)cc2)cc1. The van der Waals surface area contributed by atoms with E-state index in [4.69, 9.17) is 16.3 Å². The molecular weight excluding hydrogens is 470 g/mol. The van der Waals surface area contributed by atoms with Crippen molar-refractivity contribution in [1.29, 1.82) is 0 Å². The van der Waals surface area contributed by atoms with Crippen molar-refractivity contribution in [3.05, 3.63) is 87.9 Å². The van der Waals surface area contributed by atoms with Gasteiger partial charge in [0.15, 0.2) is 11.0 Å². The van der Waals surface area contributed by atoms with Crippen LogP contribution in [0.4, 0.5) is 0 Å². The maximum atomic E-state index is 6.06. The summed E-state index contributed by atoms with van der Waals surface area (Å²) >= 11 is 11.2. The Morgan fingerprint density at radius 2 is 1.76 bits per heavy atom. The molecule has 0 unspecified atom stereocenters. The van der Waals surface area contributed by atoms with Crippen LogP contribution in [-0.2, 0) is 5.75 Å². The number of benzene rings is 3. The van der Waals surface area contributed by atoms with Crippen LogP contribution in [0.3, 0.4) is 0 Å². The second kappa shape index (κ2) is 9.03. The summed E-state index contributed by atoms with van der Waals surface area (Å²) in [4.78, 5) is 0. The van der Waals surface area contributed by atoms with E-state index in [2.05, 4.69) is 42.8 Å². The zero-order valence-corrected chi connectivity index (χ0v) is 18.7. The topological polar surface area (TPSA) is 39.9 Å². The van der Waals surface area contributed by atoms with Crippen molar-refractivity contribution in [2.75, 3.05) is 7.11 Å². The molecule has 0 radical (unpaired) electrons. The molecule has 0 atom stereocenters. The fourth-order valence-electron chi connectivity index (χ4n) is 2.89. The van der Waals surface area contributed by atoms with Crippen molar-refractivity contribution >= 4 is 39.3 Å². The van der Waals surface area contributed by atoms with E-state index in [0.717, 1.165) is 38.2 Å². The third kappa shape index (κ3) is 4.66. The Morgan fingerprint density at radius 3 is 2.45 bits per heavy atom. The lowest BCUT2D eigenvalue weighted by Gasteiger charge is -2.11. The highest BCUT2D eigenvalue weighted by Gasteiger charge is 2.16. The van der Waals surface area contributed by atoms with Gasteiger partial charge < -0.3 is 4.74 Å². The molecule has 0 N–H and O–H groups in total. The molecule has 7 heteroatoms. The first-order valence-electron chi connectivity index (χ1n) is 8.87. The number of rotatable bonds is 6. The number of hydrogen-bond acceptors (Lipinski definition) is 4. The first kappa shape index (κ1) is 20.0. The Bertz CT molecular complexity index is 1110. The van der Waals surface area contributed by atoms with Crippen LogP contribution in [-0.4, -0.2) is 21.9 Å². The molecule has 4 nitrogen and oxygen atoms in total. The summed E-state index contributed by atoms with van der Waals surface area (Å²) in [5, 5.41) is 10.5. The molecule has 0 aliphatic heterocycles. The minimum absolute atomic E-state index is 0.688. The number of halogens is 2. The molecule has 146 valence electrons. The molecule has 3 aromatic carbocycles. The van der Waals surface area contributed by atoms with Gasteiger partial charge in [0.1, 0.15) is 5.75 Å². The van der Waals surface area contributed by atoms with E-state index in [1.54, 1.807) is 18.9 Å². The summed E-state index contributed by atoms with van der Waals surface area (Å²) in [6.45, 7) is 0. The molecule has 0 saturated carbocycles. The summed E-state index contributed by atoms with van der Waals surface area (Å²) in [7, 11) is 1.66. The lowest BCUT2D eigenvalue weighted by Crippen LogP contribution is -2.00. The minimum Gasteiger partial charge on any atom is -0.497 e. The van der Waals surface area contributed by atoms with Crippen molar-refractivity contribution in [3.8, 4) is 22.8 Å². The van der Waals surface area contributed by atoms with Crippen LogP contribution < -0.4 is 4.74 Å². The molecule has 1 aromatic heterocycles. The average molecular weight is 487 g/mol. The zero-order valence-electron chi connectivity index (χ0n) is 15.5. The van der Waals surface area contributed by atoms with Gasteiger partial charge in [-0.1, -0.05) is 51.4 Å². The first-order chi connectivity index (χ1) is 14.1. The lowest BCUT2D eigenvalue weighted by molar-refractivity contribution is 0.414. The van der Waals surface area contributed by atoms with Crippen LogP contribution in [0.5, 0.6) is 5.75 Å². The van der Waals surface area contributed by atoms with Gasteiger partial charge in [0, 0.05) is 26.5 Å². The molecule has 0 spiro atoms. The third-order valence-corrected chi connectivity index (χ3v) is 6.07. The van der Waals surface area contributed by atoms with Gasteiger partial charge in [-0.15, -0.1) is 10.2 Å². The number of nitrogens with zero attached hydrogens (tertiary/aromatic N) is 3. The van der Waals surface area contributed by atoms with Gasteiger partial charge >= 0.3 is 0 Å². The van der Waals surface area contributed by atoms with E-state index in [1.165, 1.54) is 5.56 Å². The molecule has 4 rings (SSSR count). The Morgan fingerprint density at radius 1 is 1.00 bits per heavy atom. The fraction of sp³-hybridized carbons (Fsp3) is 0.0909. The van der Waals surface area contributed by atoms with Crippen molar-refractivity contribution in [2.45, 2.75) is 10.9 Å². The molecule has 0 bridgehead atoms. The second-order valence-corrected chi connectivity index (χ2v) is 8.56. The summed E-state index contributed by atoms with van der Waals surface area (Å²) in [5.74, 6) is 2.36. The predicted molar refractivity (Wildman–Crippen MR) is 122 cm³/mol.